The zero-order valence-corrected chi connectivity index (χ0v) is 14.5. The Morgan fingerprint density at radius 3 is 2.36 bits per heavy atom. The lowest BCUT2D eigenvalue weighted by Crippen LogP contribution is -2.10. The molecule has 1 aromatic rings. The van der Waals surface area contributed by atoms with E-state index in [1.54, 1.807) is 18.2 Å². The number of allylic oxidation sites excluding steroid dienone is 2. The summed E-state index contributed by atoms with van der Waals surface area (Å²) in [5.41, 5.74) is 2.31. The largest absolute Gasteiger partial charge is 0.466 e. The van der Waals surface area contributed by atoms with Crippen molar-refractivity contribution < 1.29 is 23.9 Å². The number of hydrogen-bond acceptors (Lipinski definition) is 5. The number of benzene rings is 1. The second-order valence-electron chi connectivity index (χ2n) is 5.27. The maximum Gasteiger partial charge on any atom is 0.330 e. The third-order valence-electron chi connectivity index (χ3n) is 3.30. The van der Waals surface area contributed by atoms with E-state index < -0.39 is 11.9 Å². The number of rotatable bonds is 8. The minimum absolute atomic E-state index is 0.148. The highest BCUT2D eigenvalue weighted by atomic mass is 16.5. The molecule has 0 bridgehead atoms. The van der Waals surface area contributed by atoms with Crippen LogP contribution >= 0.6 is 0 Å². The first-order valence-corrected chi connectivity index (χ1v) is 7.76. The first-order valence-electron chi connectivity index (χ1n) is 7.76. The molecule has 0 saturated carbocycles. The molecule has 132 valence electrons. The first kappa shape index (κ1) is 20.0. The molecule has 0 saturated heterocycles. The second kappa shape index (κ2) is 9.97. The summed E-state index contributed by atoms with van der Waals surface area (Å²) in [5.74, 6) is -1.41. The van der Waals surface area contributed by atoms with Gasteiger partial charge >= 0.3 is 5.97 Å². The van der Waals surface area contributed by atoms with E-state index in [4.69, 9.17) is 0 Å². The van der Waals surface area contributed by atoms with Gasteiger partial charge in [0.05, 0.1) is 7.11 Å². The number of anilines is 1. The number of ketones is 2. The molecule has 1 aromatic carbocycles. The van der Waals surface area contributed by atoms with Gasteiger partial charge in [0.1, 0.15) is 0 Å². The Labute approximate surface area is 146 Å². The number of carbonyl (C=O) groups excluding carboxylic acids is 4. The van der Waals surface area contributed by atoms with Crippen molar-refractivity contribution in [1.29, 1.82) is 0 Å². The predicted octanol–water partition coefficient (Wildman–Crippen LogP) is 2.17. The van der Waals surface area contributed by atoms with Crippen molar-refractivity contribution in [3.05, 3.63) is 53.6 Å². The molecule has 0 fully saturated rings. The average Bonchev–Trinajstić information content (AvgIpc) is 2.59. The van der Waals surface area contributed by atoms with Crippen molar-refractivity contribution in [2.75, 3.05) is 12.4 Å². The maximum atomic E-state index is 11.9. The Kier molecular flexibility index (Phi) is 7.99. The van der Waals surface area contributed by atoms with Crippen LogP contribution in [-0.4, -0.2) is 30.6 Å². The molecule has 6 heteroatoms. The van der Waals surface area contributed by atoms with Gasteiger partial charge in [-0.2, -0.15) is 0 Å². The molecule has 0 unspecified atom stereocenters. The summed E-state index contributed by atoms with van der Waals surface area (Å²) in [7, 11) is 1.24. The SMILES string of the molecule is CCc1cc(NC(=O)/C=C\C(C)=O)ccc1CC(=O)/C=C\C(=O)OC. The fourth-order valence-electron chi connectivity index (χ4n) is 2.06. The summed E-state index contributed by atoms with van der Waals surface area (Å²) < 4.78 is 4.44. The highest BCUT2D eigenvalue weighted by Gasteiger charge is 2.08. The fourth-order valence-corrected chi connectivity index (χ4v) is 2.06. The molecule has 0 aromatic heterocycles. The molecule has 1 amide bonds. The number of methoxy groups -OCH3 is 1. The predicted molar refractivity (Wildman–Crippen MR) is 94.1 cm³/mol. The summed E-state index contributed by atoms with van der Waals surface area (Å²) >= 11 is 0. The third kappa shape index (κ3) is 7.39. The van der Waals surface area contributed by atoms with Crippen LogP contribution in [0.1, 0.15) is 25.0 Å². The maximum absolute atomic E-state index is 11.9. The van der Waals surface area contributed by atoms with Crippen molar-refractivity contribution in [1.82, 2.24) is 0 Å². The van der Waals surface area contributed by atoms with Crippen molar-refractivity contribution in [3.63, 3.8) is 0 Å². The number of carbonyl (C=O) groups is 4. The Morgan fingerprint density at radius 2 is 1.76 bits per heavy atom. The molecule has 25 heavy (non-hydrogen) atoms. The minimum Gasteiger partial charge on any atom is -0.466 e. The molecule has 0 aliphatic carbocycles. The number of hydrogen-bond donors (Lipinski definition) is 1. The Morgan fingerprint density at radius 1 is 1.04 bits per heavy atom. The molecule has 0 radical (unpaired) electrons. The van der Waals surface area contributed by atoms with Crippen LogP contribution in [0.3, 0.4) is 0 Å². The number of nitrogens with one attached hydrogen (secondary N) is 1. The summed E-state index contributed by atoms with van der Waals surface area (Å²) in [6.45, 7) is 3.30. The van der Waals surface area contributed by atoms with E-state index in [0.717, 1.165) is 17.2 Å². The number of amides is 1. The quantitative estimate of drug-likeness (QED) is 0.577. The highest BCUT2D eigenvalue weighted by molar-refractivity contribution is 6.03. The van der Waals surface area contributed by atoms with Gasteiger partial charge in [-0.3, -0.25) is 14.4 Å². The van der Waals surface area contributed by atoms with E-state index in [9.17, 15) is 19.2 Å². The molecule has 1 rings (SSSR count). The van der Waals surface area contributed by atoms with Crippen molar-refractivity contribution >= 4 is 29.1 Å². The average molecular weight is 343 g/mol. The topological polar surface area (TPSA) is 89.5 Å². The Hall–Kier alpha value is -3.02. The van der Waals surface area contributed by atoms with Gasteiger partial charge in [-0.25, -0.2) is 4.79 Å². The normalized spacial score (nSPS) is 10.8. The Balaban J connectivity index is 2.83. The molecule has 0 heterocycles. The summed E-state index contributed by atoms with van der Waals surface area (Å²) in [4.78, 5) is 45.4. The first-order chi connectivity index (χ1) is 11.8. The van der Waals surface area contributed by atoms with Crippen molar-refractivity contribution in [2.24, 2.45) is 0 Å². The van der Waals surface area contributed by atoms with Gasteiger partial charge in [0.15, 0.2) is 11.6 Å². The summed E-state index contributed by atoms with van der Waals surface area (Å²) in [5, 5.41) is 2.66. The fraction of sp³-hybridized carbons (Fsp3) is 0.263. The van der Waals surface area contributed by atoms with Gasteiger partial charge < -0.3 is 10.1 Å². The van der Waals surface area contributed by atoms with Crippen LogP contribution < -0.4 is 5.32 Å². The summed E-state index contributed by atoms with van der Waals surface area (Å²) in [6.07, 6.45) is 5.46. The minimum atomic E-state index is -0.583. The van der Waals surface area contributed by atoms with Gasteiger partial charge in [0.25, 0.3) is 0 Å². The monoisotopic (exact) mass is 343 g/mol. The van der Waals surface area contributed by atoms with E-state index in [-0.39, 0.29) is 18.0 Å². The van der Waals surface area contributed by atoms with Gasteiger partial charge in [0, 0.05) is 24.3 Å². The van der Waals surface area contributed by atoms with Gasteiger partial charge in [-0.15, -0.1) is 0 Å². The zero-order chi connectivity index (χ0) is 18.8. The molecule has 0 aliphatic heterocycles. The number of esters is 1. The van der Waals surface area contributed by atoms with E-state index >= 15 is 0 Å². The highest BCUT2D eigenvalue weighted by Crippen LogP contribution is 2.18. The van der Waals surface area contributed by atoms with Gasteiger partial charge in [-0.05, 0) is 48.8 Å². The van der Waals surface area contributed by atoms with Crippen LogP contribution in [0.4, 0.5) is 5.69 Å². The van der Waals surface area contributed by atoms with Crippen molar-refractivity contribution in [2.45, 2.75) is 26.7 Å². The second-order valence-corrected chi connectivity index (χ2v) is 5.27. The zero-order valence-electron chi connectivity index (χ0n) is 14.5. The Bertz CT molecular complexity index is 731. The molecule has 1 N–H and O–H groups in total. The van der Waals surface area contributed by atoms with E-state index in [1.165, 1.54) is 32.3 Å². The van der Waals surface area contributed by atoms with Gasteiger partial charge in [-0.1, -0.05) is 13.0 Å². The third-order valence-corrected chi connectivity index (χ3v) is 3.30. The molecular weight excluding hydrogens is 322 g/mol. The van der Waals surface area contributed by atoms with E-state index in [0.29, 0.717) is 12.1 Å². The molecule has 0 aliphatic rings. The molecule has 0 atom stereocenters. The molecular formula is C19H21NO5. The van der Waals surface area contributed by atoms with Crippen LogP contribution in [0.2, 0.25) is 0 Å². The number of ether oxygens (including phenoxy) is 1. The van der Waals surface area contributed by atoms with Crippen LogP contribution in [0.15, 0.2) is 42.5 Å². The lowest BCUT2D eigenvalue weighted by molar-refractivity contribution is -0.135. The van der Waals surface area contributed by atoms with E-state index in [1.807, 2.05) is 6.92 Å². The molecule has 6 nitrogen and oxygen atoms in total. The smallest absolute Gasteiger partial charge is 0.330 e. The standard InChI is InChI=1S/C19H21NO5/c1-4-14-11-16(20-18(23)9-5-13(2)21)7-6-15(14)12-17(22)8-10-19(24)25-3/h5-11H,4,12H2,1-3H3,(H,20,23)/b9-5-,10-8-. The van der Waals surface area contributed by atoms with Crippen LogP contribution in [-0.2, 0) is 36.8 Å². The van der Waals surface area contributed by atoms with Crippen LogP contribution in [0.5, 0.6) is 0 Å². The van der Waals surface area contributed by atoms with Crippen LogP contribution in [0.25, 0.3) is 0 Å². The van der Waals surface area contributed by atoms with Gasteiger partial charge in [0.2, 0.25) is 5.91 Å². The molecule has 0 spiro atoms. The lowest BCUT2D eigenvalue weighted by atomic mass is 9.99. The van der Waals surface area contributed by atoms with Crippen molar-refractivity contribution in [3.8, 4) is 0 Å². The van der Waals surface area contributed by atoms with E-state index in [2.05, 4.69) is 10.1 Å². The lowest BCUT2D eigenvalue weighted by Gasteiger charge is -2.10. The number of aryl methyl sites for hydroxylation is 1. The van der Waals surface area contributed by atoms with Crippen LogP contribution in [0, 0.1) is 0 Å². The summed E-state index contributed by atoms with van der Waals surface area (Å²) in [6, 6.07) is 5.23.